The molecule has 1 aromatic heterocycles. The maximum absolute atomic E-state index is 5.40. The Kier molecular flexibility index (Phi) is 6.12. The Morgan fingerprint density at radius 1 is 1.47 bits per heavy atom. The normalized spacial score (nSPS) is 12.9. The zero-order chi connectivity index (χ0) is 10.9. The Labute approximate surface area is 91.8 Å². The minimum absolute atomic E-state index is 0.356. The average Bonchev–Trinajstić information content (AvgIpc) is 2.76. The molecule has 1 unspecified atom stereocenters. The minimum Gasteiger partial charge on any atom is -0.472 e. The lowest BCUT2D eigenvalue weighted by molar-refractivity contribution is 0.132. The molecule has 15 heavy (non-hydrogen) atoms. The number of rotatable bonds is 8. The molecular formula is C12H21NO2. The average molecular weight is 211 g/mol. The maximum Gasteiger partial charge on any atom is 0.0950 e. The predicted molar refractivity (Wildman–Crippen MR) is 60.9 cm³/mol. The number of hydrogen-bond donors (Lipinski definition) is 1. The van der Waals surface area contributed by atoms with Crippen LogP contribution < -0.4 is 5.32 Å². The van der Waals surface area contributed by atoms with Gasteiger partial charge in [0.15, 0.2) is 0 Å². The van der Waals surface area contributed by atoms with Crippen molar-refractivity contribution in [2.75, 3.05) is 19.8 Å². The number of hydrogen-bond acceptors (Lipinski definition) is 3. The molecule has 1 aromatic rings. The zero-order valence-corrected chi connectivity index (χ0v) is 9.66. The summed E-state index contributed by atoms with van der Waals surface area (Å²) in [5.74, 6) is 0. The van der Waals surface area contributed by atoms with E-state index in [9.17, 15) is 0 Å². The van der Waals surface area contributed by atoms with Crippen molar-refractivity contribution in [1.29, 1.82) is 0 Å². The first-order valence-corrected chi connectivity index (χ1v) is 5.67. The lowest BCUT2D eigenvalue weighted by atomic mass is 10.2. The van der Waals surface area contributed by atoms with Crippen LogP contribution in [0.25, 0.3) is 0 Å². The molecule has 0 fully saturated rings. The molecule has 1 heterocycles. The highest BCUT2D eigenvalue weighted by molar-refractivity contribution is 5.09. The first-order valence-electron chi connectivity index (χ1n) is 5.67. The van der Waals surface area contributed by atoms with E-state index in [1.165, 1.54) is 5.56 Å². The van der Waals surface area contributed by atoms with E-state index in [0.717, 1.165) is 32.6 Å². The third-order valence-corrected chi connectivity index (χ3v) is 2.31. The predicted octanol–water partition coefficient (Wildman–Crippen LogP) is 2.75. The molecule has 1 rings (SSSR count). The molecule has 0 radical (unpaired) electrons. The van der Waals surface area contributed by atoms with E-state index in [4.69, 9.17) is 9.15 Å². The van der Waals surface area contributed by atoms with Crippen LogP contribution in [0.1, 0.15) is 38.3 Å². The van der Waals surface area contributed by atoms with Crippen LogP contribution in [-0.4, -0.2) is 19.8 Å². The lowest BCUT2D eigenvalue weighted by Crippen LogP contribution is -2.20. The molecule has 1 N–H and O–H groups in total. The fraction of sp³-hybridized carbons (Fsp3) is 0.667. The number of furan rings is 1. The Balaban J connectivity index is 2.00. The van der Waals surface area contributed by atoms with Gasteiger partial charge in [0.2, 0.25) is 0 Å². The van der Waals surface area contributed by atoms with Gasteiger partial charge in [0.05, 0.1) is 12.5 Å². The van der Waals surface area contributed by atoms with Crippen LogP contribution in [-0.2, 0) is 4.74 Å². The molecule has 3 nitrogen and oxygen atoms in total. The summed E-state index contributed by atoms with van der Waals surface area (Å²) in [6.07, 6.45) is 5.64. The lowest BCUT2D eigenvalue weighted by Gasteiger charge is -2.11. The van der Waals surface area contributed by atoms with Crippen molar-refractivity contribution in [3.8, 4) is 0 Å². The van der Waals surface area contributed by atoms with Crippen molar-refractivity contribution in [3.05, 3.63) is 24.2 Å². The van der Waals surface area contributed by atoms with Gasteiger partial charge in [0.25, 0.3) is 0 Å². The monoisotopic (exact) mass is 211 g/mol. The van der Waals surface area contributed by atoms with E-state index in [0.29, 0.717) is 6.04 Å². The highest BCUT2D eigenvalue weighted by Gasteiger charge is 2.04. The van der Waals surface area contributed by atoms with E-state index in [2.05, 4.69) is 19.2 Å². The van der Waals surface area contributed by atoms with Crippen molar-refractivity contribution in [2.45, 2.75) is 32.7 Å². The van der Waals surface area contributed by atoms with Crippen LogP contribution in [0.4, 0.5) is 0 Å². The van der Waals surface area contributed by atoms with Crippen LogP contribution in [0.5, 0.6) is 0 Å². The van der Waals surface area contributed by atoms with Gasteiger partial charge in [-0.1, -0.05) is 6.92 Å². The Bertz CT molecular complexity index is 234. The van der Waals surface area contributed by atoms with Gasteiger partial charge in [0, 0.05) is 24.8 Å². The quantitative estimate of drug-likeness (QED) is 0.671. The van der Waals surface area contributed by atoms with E-state index < -0.39 is 0 Å². The van der Waals surface area contributed by atoms with Crippen LogP contribution >= 0.6 is 0 Å². The smallest absolute Gasteiger partial charge is 0.0950 e. The molecule has 0 aliphatic carbocycles. The second kappa shape index (κ2) is 7.49. The third kappa shape index (κ3) is 5.00. The molecule has 3 heteroatoms. The summed E-state index contributed by atoms with van der Waals surface area (Å²) in [4.78, 5) is 0. The van der Waals surface area contributed by atoms with Crippen LogP contribution in [0.3, 0.4) is 0 Å². The van der Waals surface area contributed by atoms with E-state index >= 15 is 0 Å². The van der Waals surface area contributed by atoms with Gasteiger partial charge in [-0.05, 0) is 32.4 Å². The van der Waals surface area contributed by atoms with Crippen LogP contribution in [0, 0.1) is 0 Å². The van der Waals surface area contributed by atoms with Gasteiger partial charge in [0.1, 0.15) is 0 Å². The summed E-state index contributed by atoms with van der Waals surface area (Å²) in [7, 11) is 0. The second-order valence-electron chi connectivity index (χ2n) is 3.70. The van der Waals surface area contributed by atoms with Crippen molar-refractivity contribution in [3.63, 3.8) is 0 Å². The summed E-state index contributed by atoms with van der Waals surface area (Å²) < 4.78 is 10.4. The topological polar surface area (TPSA) is 34.4 Å². The summed E-state index contributed by atoms with van der Waals surface area (Å²) in [6.45, 7) is 6.96. The van der Waals surface area contributed by atoms with Crippen molar-refractivity contribution in [2.24, 2.45) is 0 Å². The fourth-order valence-corrected chi connectivity index (χ4v) is 1.38. The molecular weight excluding hydrogens is 190 g/mol. The van der Waals surface area contributed by atoms with Gasteiger partial charge in [-0.3, -0.25) is 0 Å². The Morgan fingerprint density at radius 2 is 2.33 bits per heavy atom. The fourth-order valence-electron chi connectivity index (χ4n) is 1.38. The Morgan fingerprint density at radius 3 is 3.00 bits per heavy atom. The largest absolute Gasteiger partial charge is 0.472 e. The first-order chi connectivity index (χ1) is 7.34. The SMILES string of the molecule is CCCOCCCNC(C)c1ccoc1. The molecule has 1 atom stereocenters. The van der Waals surface area contributed by atoms with Gasteiger partial charge >= 0.3 is 0 Å². The summed E-state index contributed by atoms with van der Waals surface area (Å²) in [5.41, 5.74) is 1.20. The van der Waals surface area contributed by atoms with Gasteiger partial charge < -0.3 is 14.5 Å². The molecule has 0 aliphatic heterocycles. The summed E-state index contributed by atoms with van der Waals surface area (Å²) >= 11 is 0. The van der Waals surface area contributed by atoms with E-state index in [-0.39, 0.29) is 0 Å². The number of ether oxygens (including phenoxy) is 1. The summed E-state index contributed by atoms with van der Waals surface area (Å²) in [5, 5.41) is 3.42. The third-order valence-electron chi connectivity index (χ3n) is 2.31. The second-order valence-corrected chi connectivity index (χ2v) is 3.70. The van der Waals surface area contributed by atoms with Crippen LogP contribution in [0.15, 0.2) is 23.0 Å². The standard InChI is InChI=1S/C12H21NO2/c1-3-7-14-8-4-6-13-11(2)12-5-9-15-10-12/h5,9-11,13H,3-4,6-8H2,1-2H3. The highest BCUT2D eigenvalue weighted by atomic mass is 16.5. The molecule has 0 spiro atoms. The molecule has 0 bridgehead atoms. The molecule has 0 saturated carbocycles. The minimum atomic E-state index is 0.356. The van der Waals surface area contributed by atoms with Gasteiger partial charge in [-0.15, -0.1) is 0 Å². The highest BCUT2D eigenvalue weighted by Crippen LogP contribution is 2.11. The molecule has 0 aromatic carbocycles. The van der Waals surface area contributed by atoms with Crippen molar-refractivity contribution < 1.29 is 9.15 Å². The maximum atomic E-state index is 5.40. The van der Waals surface area contributed by atoms with Gasteiger partial charge in [-0.25, -0.2) is 0 Å². The molecule has 0 saturated heterocycles. The van der Waals surface area contributed by atoms with Gasteiger partial charge in [-0.2, -0.15) is 0 Å². The Hall–Kier alpha value is -0.800. The van der Waals surface area contributed by atoms with Crippen molar-refractivity contribution in [1.82, 2.24) is 5.32 Å². The molecule has 86 valence electrons. The molecule has 0 amide bonds. The first kappa shape index (κ1) is 12.3. The van der Waals surface area contributed by atoms with E-state index in [1.807, 2.05) is 6.07 Å². The van der Waals surface area contributed by atoms with Crippen LogP contribution in [0.2, 0.25) is 0 Å². The summed E-state index contributed by atoms with van der Waals surface area (Å²) in [6, 6.07) is 2.35. The zero-order valence-electron chi connectivity index (χ0n) is 9.66. The number of nitrogens with one attached hydrogen (secondary N) is 1. The van der Waals surface area contributed by atoms with Crippen molar-refractivity contribution >= 4 is 0 Å². The molecule has 0 aliphatic rings. The van der Waals surface area contributed by atoms with E-state index in [1.54, 1.807) is 12.5 Å².